The molecule has 3 rings (SSSR count). The van der Waals surface area contributed by atoms with Crippen molar-refractivity contribution in [2.45, 2.75) is 0 Å². The average molecular weight is 383 g/mol. The molecule has 0 radical (unpaired) electrons. The Morgan fingerprint density at radius 1 is 1.11 bits per heavy atom. The molecule has 0 fully saturated rings. The first-order valence-corrected chi connectivity index (χ1v) is 7.08. The first-order valence-electron chi connectivity index (χ1n) is 5.63. The minimum Gasteiger partial charge on any atom is -0.453 e. The maximum Gasteiger partial charge on any atom is 0.228 e. The molecule has 3 aromatic rings. The van der Waals surface area contributed by atoms with Crippen LogP contribution < -0.4 is 0 Å². The van der Waals surface area contributed by atoms with Gasteiger partial charge < -0.3 is 4.42 Å². The van der Waals surface area contributed by atoms with Gasteiger partial charge in [0.05, 0.1) is 0 Å². The van der Waals surface area contributed by atoms with Crippen molar-refractivity contribution in [3.05, 3.63) is 68.4 Å². The van der Waals surface area contributed by atoms with Crippen molar-refractivity contribution >= 4 is 50.9 Å². The average Bonchev–Trinajstić information content (AvgIpc) is 2.80. The highest BCUT2D eigenvalue weighted by molar-refractivity contribution is 14.1. The van der Waals surface area contributed by atoms with E-state index in [2.05, 4.69) is 22.6 Å². The molecule has 0 unspecified atom stereocenters. The molecule has 0 saturated carbocycles. The van der Waals surface area contributed by atoms with Gasteiger partial charge in [-0.05, 0) is 59.0 Å². The van der Waals surface area contributed by atoms with E-state index in [1.165, 1.54) is 0 Å². The normalized spacial score (nSPS) is 10.8. The lowest BCUT2D eigenvalue weighted by Gasteiger charge is -1.97. The zero-order valence-corrected chi connectivity index (χ0v) is 12.6. The van der Waals surface area contributed by atoms with Crippen LogP contribution in [0, 0.1) is 3.57 Å². The number of benzene rings is 2. The Morgan fingerprint density at radius 2 is 1.95 bits per heavy atom. The lowest BCUT2D eigenvalue weighted by atomic mass is 10.1. The van der Waals surface area contributed by atoms with Gasteiger partial charge in [-0.25, -0.2) is 0 Å². The molecule has 0 amide bonds. The van der Waals surface area contributed by atoms with Gasteiger partial charge in [0.2, 0.25) is 5.78 Å². The van der Waals surface area contributed by atoms with Crippen molar-refractivity contribution in [2.75, 3.05) is 0 Å². The summed E-state index contributed by atoms with van der Waals surface area (Å²) in [6.45, 7) is 0. The van der Waals surface area contributed by atoms with Crippen LogP contribution in [0.15, 0.2) is 52.9 Å². The van der Waals surface area contributed by atoms with Crippen LogP contribution in [0.4, 0.5) is 0 Å². The van der Waals surface area contributed by atoms with Crippen LogP contribution in [-0.4, -0.2) is 5.78 Å². The minimum atomic E-state index is -0.120. The molecule has 1 heterocycles. The summed E-state index contributed by atoms with van der Waals surface area (Å²) in [5.74, 6) is 0.213. The topological polar surface area (TPSA) is 30.2 Å². The Morgan fingerprint density at radius 3 is 2.74 bits per heavy atom. The first-order chi connectivity index (χ1) is 9.13. The van der Waals surface area contributed by atoms with Gasteiger partial charge in [-0.15, -0.1) is 0 Å². The van der Waals surface area contributed by atoms with Gasteiger partial charge in [0.25, 0.3) is 0 Å². The molecular formula is C15H8ClIO2. The third-order valence-electron chi connectivity index (χ3n) is 2.79. The zero-order chi connectivity index (χ0) is 13.4. The summed E-state index contributed by atoms with van der Waals surface area (Å²) < 4.78 is 6.58. The molecule has 0 bridgehead atoms. The molecule has 19 heavy (non-hydrogen) atoms. The third kappa shape index (κ3) is 2.53. The number of fused-ring (bicyclic) bond motifs is 1. The minimum absolute atomic E-state index is 0.120. The van der Waals surface area contributed by atoms with Gasteiger partial charge in [0.15, 0.2) is 5.76 Å². The van der Waals surface area contributed by atoms with E-state index in [0.717, 1.165) is 8.96 Å². The lowest BCUT2D eigenvalue weighted by Crippen LogP contribution is -1.99. The summed E-state index contributed by atoms with van der Waals surface area (Å²) in [6, 6.07) is 14.4. The molecule has 0 N–H and O–H groups in total. The van der Waals surface area contributed by atoms with Crippen molar-refractivity contribution in [1.82, 2.24) is 0 Å². The second kappa shape index (κ2) is 4.98. The molecule has 0 aliphatic carbocycles. The number of carbonyl (C=O) groups excluding carboxylic acids is 1. The van der Waals surface area contributed by atoms with E-state index in [1.807, 2.05) is 18.2 Å². The zero-order valence-electron chi connectivity index (χ0n) is 9.69. The fourth-order valence-electron chi connectivity index (χ4n) is 1.90. The van der Waals surface area contributed by atoms with Crippen molar-refractivity contribution < 1.29 is 9.21 Å². The maximum atomic E-state index is 12.3. The first kappa shape index (κ1) is 12.7. The molecule has 4 heteroatoms. The van der Waals surface area contributed by atoms with E-state index in [4.69, 9.17) is 16.0 Å². The van der Waals surface area contributed by atoms with Crippen molar-refractivity contribution in [3.8, 4) is 0 Å². The number of rotatable bonds is 2. The fourth-order valence-corrected chi connectivity index (χ4v) is 2.62. The predicted octanol–water partition coefficient (Wildman–Crippen LogP) is 4.92. The lowest BCUT2D eigenvalue weighted by molar-refractivity contribution is 0.101. The summed E-state index contributed by atoms with van der Waals surface area (Å²) in [5.41, 5.74) is 1.29. The molecule has 0 aliphatic heterocycles. The standard InChI is InChI=1S/C15H8ClIO2/c16-11-4-5-13-10(6-11)8-14(19-13)15(18)9-2-1-3-12(17)7-9/h1-8H. The Bertz CT molecular complexity index is 777. The Kier molecular flexibility index (Phi) is 3.33. The number of ketones is 1. The van der Waals surface area contributed by atoms with Gasteiger partial charge in [0.1, 0.15) is 5.58 Å². The summed E-state index contributed by atoms with van der Waals surface area (Å²) in [5, 5.41) is 1.46. The predicted molar refractivity (Wildman–Crippen MR) is 83.8 cm³/mol. The number of hydrogen-bond donors (Lipinski definition) is 0. The van der Waals surface area contributed by atoms with E-state index in [9.17, 15) is 4.79 Å². The number of halogens is 2. The number of furan rings is 1. The van der Waals surface area contributed by atoms with Crippen molar-refractivity contribution in [3.63, 3.8) is 0 Å². The summed E-state index contributed by atoms with van der Waals surface area (Å²) in [7, 11) is 0. The second-order valence-electron chi connectivity index (χ2n) is 4.13. The van der Waals surface area contributed by atoms with Crippen LogP contribution in [0.3, 0.4) is 0 Å². The van der Waals surface area contributed by atoms with Gasteiger partial charge in [-0.3, -0.25) is 4.79 Å². The number of carbonyl (C=O) groups is 1. The quantitative estimate of drug-likeness (QED) is 0.465. The van der Waals surface area contributed by atoms with E-state index in [1.54, 1.807) is 30.3 Å². The second-order valence-corrected chi connectivity index (χ2v) is 5.81. The number of hydrogen-bond acceptors (Lipinski definition) is 2. The maximum absolute atomic E-state index is 12.3. The molecule has 94 valence electrons. The third-order valence-corrected chi connectivity index (χ3v) is 3.70. The van der Waals surface area contributed by atoms with Crippen LogP contribution in [-0.2, 0) is 0 Å². The van der Waals surface area contributed by atoms with Crippen LogP contribution in [0.2, 0.25) is 5.02 Å². The largest absolute Gasteiger partial charge is 0.453 e. The summed E-state index contributed by atoms with van der Waals surface area (Å²) in [4.78, 5) is 12.3. The van der Waals surface area contributed by atoms with E-state index in [-0.39, 0.29) is 5.78 Å². The SMILES string of the molecule is O=C(c1cccc(I)c1)c1cc2cc(Cl)ccc2o1. The van der Waals surface area contributed by atoms with Gasteiger partial charge >= 0.3 is 0 Å². The molecule has 0 atom stereocenters. The van der Waals surface area contributed by atoms with Crippen molar-refractivity contribution in [2.24, 2.45) is 0 Å². The fraction of sp³-hybridized carbons (Fsp3) is 0. The molecule has 0 aliphatic rings. The summed E-state index contributed by atoms with van der Waals surface area (Å²) >= 11 is 8.09. The molecule has 1 aromatic heterocycles. The van der Waals surface area contributed by atoms with Crippen molar-refractivity contribution in [1.29, 1.82) is 0 Å². The van der Waals surface area contributed by atoms with Crippen LogP contribution in [0.1, 0.15) is 16.1 Å². The Hall–Kier alpha value is -1.33. The molecule has 0 saturated heterocycles. The van der Waals surface area contributed by atoms with Gasteiger partial charge in [0, 0.05) is 19.5 Å². The molecular weight excluding hydrogens is 375 g/mol. The summed E-state index contributed by atoms with van der Waals surface area (Å²) in [6.07, 6.45) is 0. The molecule has 0 spiro atoms. The Labute approximate surface area is 128 Å². The smallest absolute Gasteiger partial charge is 0.228 e. The van der Waals surface area contributed by atoms with E-state index < -0.39 is 0 Å². The van der Waals surface area contributed by atoms with E-state index >= 15 is 0 Å². The van der Waals surface area contributed by atoms with Crippen LogP contribution in [0.25, 0.3) is 11.0 Å². The Balaban J connectivity index is 2.06. The van der Waals surface area contributed by atoms with Crippen LogP contribution >= 0.6 is 34.2 Å². The van der Waals surface area contributed by atoms with Gasteiger partial charge in [-0.1, -0.05) is 23.7 Å². The van der Waals surface area contributed by atoms with E-state index in [0.29, 0.717) is 21.9 Å². The molecule has 2 nitrogen and oxygen atoms in total. The highest BCUT2D eigenvalue weighted by Gasteiger charge is 2.14. The van der Waals surface area contributed by atoms with Crippen LogP contribution in [0.5, 0.6) is 0 Å². The highest BCUT2D eigenvalue weighted by atomic mass is 127. The highest BCUT2D eigenvalue weighted by Crippen LogP contribution is 2.24. The van der Waals surface area contributed by atoms with Gasteiger partial charge in [-0.2, -0.15) is 0 Å². The molecule has 2 aromatic carbocycles. The monoisotopic (exact) mass is 382 g/mol.